The van der Waals surface area contributed by atoms with Crippen LogP contribution in [0.25, 0.3) is 0 Å². The van der Waals surface area contributed by atoms with Gasteiger partial charge in [-0.05, 0) is 37.3 Å². The lowest BCUT2D eigenvalue weighted by molar-refractivity contribution is 0.112. The van der Waals surface area contributed by atoms with Crippen LogP contribution in [0, 0.1) is 0 Å². The molecule has 3 nitrogen and oxygen atoms in total. The van der Waals surface area contributed by atoms with Gasteiger partial charge in [0.25, 0.3) is 0 Å². The van der Waals surface area contributed by atoms with Crippen LogP contribution in [0.1, 0.15) is 28.9 Å². The van der Waals surface area contributed by atoms with Crippen molar-refractivity contribution in [3.63, 3.8) is 0 Å². The maximum Gasteiger partial charge on any atom is 0.150 e. The number of aldehydes is 1. The fraction of sp³-hybridized carbons (Fsp3) is 0.143. The number of hydrogen-bond acceptors (Lipinski definition) is 3. The zero-order valence-corrected chi connectivity index (χ0v) is 9.54. The van der Waals surface area contributed by atoms with Crippen molar-refractivity contribution in [3.05, 3.63) is 59.9 Å². The van der Waals surface area contributed by atoms with Crippen molar-refractivity contribution >= 4 is 6.29 Å². The number of hydrogen-bond donors (Lipinski definition) is 0. The van der Waals surface area contributed by atoms with Gasteiger partial charge in [-0.15, -0.1) is 0 Å². The van der Waals surface area contributed by atoms with Crippen LogP contribution in [0.2, 0.25) is 0 Å². The second kappa shape index (κ2) is 5.25. The molecule has 0 bridgehead atoms. The molecule has 0 spiro atoms. The largest absolute Gasteiger partial charge is 0.486 e. The van der Waals surface area contributed by atoms with E-state index >= 15 is 0 Å². The van der Waals surface area contributed by atoms with Crippen LogP contribution in [-0.2, 0) is 0 Å². The third kappa shape index (κ3) is 2.91. The minimum atomic E-state index is -0.0641. The van der Waals surface area contributed by atoms with Gasteiger partial charge in [-0.2, -0.15) is 0 Å². The number of carbonyl (C=O) groups excluding carboxylic acids is 1. The van der Waals surface area contributed by atoms with Crippen molar-refractivity contribution in [2.24, 2.45) is 0 Å². The van der Waals surface area contributed by atoms with Crippen LogP contribution in [-0.4, -0.2) is 11.3 Å². The smallest absolute Gasteiger partial charge is 0.150 e. The van der Waals surface area contributed by atoms with E-state index in [9.17, 15) is 4.79 Å². The zero-order valence-electron chi connectivity index (χ0n) is 9.54. The Morgan fingerprint density at radius 2 is 2.00 bits per heavy atom. The highest BCUT2D eigenvalue weighted by Gasteiger charge is 2.06. The minimum absolute atomic E-state index is 0.0641. The van der Waals surface area contributed by atoms with E-state index in [-0.39, 0.29) is 6.10 Å². The van der Waals surface area contributed by atoms with Crippen LogP contribution in [0.4, 0.5) is 0 Å². The molecular formula is C14H13NO2. The highest BCUT2D eigenvalue weighted by atomic mass is 16.5. The summed E-state index contributed by atoms with van der Waals surface area (Å²) in [6.07, 6.45) is 4.26. The summed E-state index contributed by atoms with van der Waals surface area (Å²) in [5, 5.41) is 0. The molecule has 2 aromatic rings. The molecular weight excluding hydrogens is 214 g/mol. The Balaban J connectivity index is 2.07. The predicted molar refractivity (Wildman–Crippen MR) is 65.1 cm³/mol. The molecule has 1 unspecified atom stereocenters. The van der Waals surface area contributed by atoms with E-state index in [1.807, 2.05) is 19.1 Å². The molecule has 0 aliphatic heterocycles. The molecule has 0 saturated carbocycles. The number of rotatable bonds is 4. The fourth-order valence-electron chi connectivity index (χ4n) is 1.51. The lowest BCUT2D eigenvalue weighted by Gasteiger charge is -2.14. The maximum atomic E-state index is 10.5. The Bertz CT molecular complexity index is 479. The SMILES string of the molecule is CC(Oc1ccc(C=O)cc1)c1cccnc1. The molecule has 0 saturated heterocycles. The van der Waals surface area contributed by atoms with Gasteiger partial charge in [0, 0.05) is 23.5 Å². The lowest BCUT2D eigenvalue weighted by atomic mass is 10.2. The molecule has 1 aromatic heterocycles. The summed E-state index contributed by atoms with van der Waals surface area (Å²) in [5.74, 6) is 0.743. The average molecular weight is 227 g/mol. The van der Waals surface area contributed by atoms with E-state index < -0.39 is 0 Å². The lowest BCUT2D eigenvalue weighted by Crippen LogP contribution is -2.03. The van der Waals surface area contributed by atoms with E-state index in [1.165, 1.54) is 0 Å². The molecule has 3 heteroatoms. The van der Waals surface area contributed by atoms with Gasteiger partial charge in [0.2, 0.25) is 0 Å². The third-order valence-electron chi connectivity index (χ3n) is 2.48. The monoisotopic (exact) mass is 227 g/mol. The van der Waals surface area contributed by atoms with E-state index in [2.05, 4.69) is 4.98 Å². The van der Waals surface area contributed by atoms with E-state index in [0.29, 0.717) is 5.56 Å². The van der Waals surface area contributed by atoms with E-state index in [0.717, 1.165) is 17.6 Å². The molecule has 0 N–H and O–H groups in total. The quantitative estimate of drug-likeness (QED) is 0.753. The first-order chi connectivity index (χ1) is 8.29. The molecule has 0 aliphatic carbocycles. The Labute approximate surface area is 100 Å². The predicted octanol–water partition coefficient (Wildman–Crippen LogP) is 3.03. The van der Waals surface area contributed by atoms with Crippen LogP contribution in [0.5, 0.6) is 5.75 Å². The molecule has 86 valence electrons. The molecule has 0 radical (unpaired) electrons. The Morgan fingerprint density at radius 3 is 2.59 bits per heavy atom. The Morgan fingerprint density at radius 1 is 1.24 bits per heavy atom. The van der Waals surface area contributed by atoms with Crippen molar-refractivity contribution in [3.8, 4) is 5.75 Å². The highest BCUT2D eigenvalue weighted by Crippen LogP contribution is 2.20. The van der Waals surface area contributed by atoms with Crippen molar-refractivity contribution in [2.75, 3.05) is 0 Å². The number of ether oxygens (including phenoxy) is 1. The summed E-state index contributed by atoms with van der Waals surface area (Å²) in [4.78, 5) is 14.6. The first-order valence-corrected chi connectivity index (χ1v) is 5.41. The molecule has 1 atom stereocenters. The van der Waals surface area contributed by atoms with Gasteiger partial charge < -0.3 is 4.74 Å². The van der Waals surface area contributed by atoms with Gasteiger partial charge in [-0.3, -0.25) is 9.78 Å². The maximum absolute atomic E-state index is 10.5. The molecule has 0 amide bonds. The highest BCUT2D eigenvalue weighted by molar-refractivity contribution is 5.74. The second-order valence-electron chi connectivity index (χ2n) is 3.73. The van der Waals surface area contributed by atoms with E-state index in [1.54, 1.807) is 36.7 Å². The van der Waals surface area contributed by atoms with Crippen molar-refractivity contribution < 1.29 is 9.53 Å². The molecule has 0 aliphatic rings. The van der Waals surface area contributed by atoms with Gasteiger partial charge in [0.1, 0.15) is 18.1 Å². The van der Waals surface area contributed by atoms with Crippen LogP contribution in [0.15, 0.2) is 48.8 Å². The summed E-state index contributed by atoms with van der Waals surface area (Å²) in [5.41, 5.74) is 1.67. The average Bonchev–Trinajstić information content (AvgIpc) is 2.40. The number of aromatic nitrogens is 1. The summed E-state index contributed by atoms with van der Waals surface area (Å²) in [6, 6.07) is 10.9. The molecule has 0 fully saturated rings. The van der Waals surface area contributed by atoms with Crippen LogP contribution >= 0.6 is 0 Å². The van der Waals surface area contributed by atoms with Crippen LogP contribution in [0.3, 0.4) is 0 Å². The molecule has 17 heavy (non-hydrogen) atoms. The van der Waals surface area contributed by atoms with Gasteiger partial charge in [0.15, 0.2) is 0 Å². The van der Waals surface area contributed by atoms with Gasteiger partial charge in [0.05, 0.1) is 0 Å². The standard InChI is InChI=1S/C14H13NO2/c1-11(13-3-2-8-15-9-13)17-14-6-4-12(10-16)5-7-14/h2-11H,1H3. The first-order valence-electron chi connectivity index (χ1n) is 5.41. The Hall–Kier alpha value is -2.16. The molecule has 2 rings (SSSR count). The van der Waals surface area contributed by atoms with Gasteiger partial charge in [-0.1, -0.05) is 6.07 Å². The summed E-state index contributed by atoms with van der Waals surface area (Å²) in [7, 11) is 0. The van der Waals surface area contributed by atoms with Crippen molar-refractivity contribution in [2.45, 2.75) is 13.0 Å². The topological polar surface area (TPSA) is 39.2 Å². The number of benzene rings is 1. The summed E-state index contributed by atoms with van der Waals surface area (Å²) < 4.78 is 5.74. The normalized spacial score (nSPS) is 11.8. The minimum Gasteiger partial charge on any atom is -0.486 e. The molecule has 1 aromatic carbocycles. The van der Waals surface area contributed by atoms with Gasteiger partial charge in [-0.25, -0.2) is 0 Å². The zero-order chi connectivity index (χ0) is 12.1. The second-order valence-corrected chi connectivity index (χ2v) is 3.73. The summed E-state index contributed by atoms with van der Waals surface area (Å²) >= 11 is 0. The third-order valence-corrected chi connectivity index (χ3v) is 2.48. The fourth-order valence-corrected chi connectivity index (χ4v) is 1.51. The van der Waals surface area contributed by atoms with Crippen molar-refractivity contribution in [1.29, 1.82) is 0 Å². The first kappa shape index (κ1) is 11.3. The van der Waals surface area contributed by atoms with Crippen molar-refractivity contribution in [1.82, 2.24) is 4.98 Å². The Kier molecular flexibility index (Phi) is 3.50. The number of carbonyl (C=O) groups is 1. The van der Waals surface area contributed by atoms with Gasteiger partial charge >= 0.3 is 0 Å². The number of nitrogens with zero attached hydrogens (tertiary/aromatic N) is 1. The van der Waals surface area contributed by atoms with Crippen LogP contribution < -0.4 is 4.74 Å². The molecule has 1 heterocycles. The number of pyridine rings is 1. The summed E-state index contributed by atoms with van der Waals surface area (Å²) in [6.45, 7) is 1.96. The van der Waals surface area contributed by atoms with E-state index in [4.69, 9.17) is 4.74 Å².